The van der Waals surface area contributed by atoms with E-state index in [0.29, 0.717) is 11.4 Å². The lowest BCUT2D eigenvalue weighted by Gasteiger charge is -2.26. The molecule has 2 nitrogen and oxygen atoms in total. The van der Waals surface area contributed by atoms with Crippen LogP contribution >= 0.6 is 0 Å². The largest absolute Gasteiger partial charge is 0.397 e. The van der Waals surface area contributed by atoms with E-state index in [9.17, 15) is 0 Å². The van der Waals surface area contributed by atoms with E-state index in [1.165, 1.54) is 11.1 Å². The Balaban J connectivity index is 1.80. The van der Waals surface area contributed by atoms with E-state index in [1.54, 1.807) is 0 Å². The summed E-state index contributed by atoms with van der Waals surface area (Å²) in [7, 11) is 0. The van der Waals surface area contributed by atoms with E-state index >= 15 is 0 Å². The third kappa shape index (κ3) is 4.54. The number of nitrogens with two attached hydrogens (primary N) is 2. The van der Waals surface area contributed by atoms with E-state index in [4.69, 9.17) is 11.5 Å². The summed E-state index contributed by atoms with van der Waals surface area (Å²) in [5.74, 6) is 0. The SMILES string of the molecule is Cc1ccc(-c2ccccc2-c2c(N)c(N)c(-c3ccccc3)c(-c3ccccc3)c2-c2ccc(C)cc2)cc1. The Kier molecular flexibility index (Phi) is 6.67. The monoisotopic (exact) mass is 516 g/mol. The minimum absolute atomic E-state index is 0.591. The Labute approximate surface area is 236 Å². The summed E-state index contributed by atoms with van der Waals surface area (Å²) in [5.41, 5.74) is 28.4. The maximum Gasteiger partial charge on any atom is 0.0640 e. The van der Waals surface area contributed by atoms with Gasteiger partial charge in [-0.15, -0.1) is 0 Å². The molecule has 0 saturated carbocycles. The van der Waals surface area contributed by atoms with E-state index < -0.39 is 0 Å². The fourth-order valence-corrected chi connectivity index (χ4v) is 5.56. The minimum atomic E-state index is 0.591. The average molecular weight is 517 g/mol. The maximum atomic E-state index is 7.11. The van der Waals surface area contributed by atoms with Crippen LogP contribution in [0, 0.1) is 13.8 Å². The van der Waals surface area contributed by atoms with Crippen LogP contribution in [0.15, 0.2) is 133 Å². The number of nitrogen functional groups attached to an aromatic ring is 2. The molecule has 6 aromatic carbocycles. The number of aryl methyl sites for hydroxylation is 2. The van der Waals surface area contributed by atoms with Crippen LogP contribution in [0.2, 0.25) is 0 Å². The summed E-state index contributed by atoms with van der Waals surface area (Å²) in [4.78, 5) is 0. The van der Waals surface area contributed by atoms with Crippen LogP contribution in [0.25, 0.3) is 55.6 Å². The molecule has 6 rings (SSSR count). The average Bonchev–Trinajstić information content (AvgIpc) is 3.00. The molecule has 194 valence electrons. The first-order valence-corrected chi connectivity index (χ1v) is 13.6. The Morgan fingerprint density at radius 2 is 0.700 bits per heavy atom. The molecule has 0 bridgehead atoms. The zero-order valence-corrected chi connectivity index (χ0v) is 22.9. The Morgan fingerprint density at radius 3 is 1.25 bits per heavy atom. The summed E-state index contributed by atoms with van der Waals surface area (Å²) in [5, 5.41) is 0. The summed E-state index contributed by atoms with van der Waals surface area (Å²) >= 11 is 0. The highest BCUT2D eigenvalue weighted by Crippen LogP contribution is 2.53. The lowest BCUT2D eigenvalue weighted by molar-refractivity contribution is 1.46. The fraction of sp³-hybridized carbons (Fsp3) is 0.0526. The Hall–Kier alpha value is -5.08. The molecule has 2 heteroatoms. The van der Waals surface area contributed by atoms with Gasteiger partial charge in [-0.05, 0) is 47.2 Å². The van der Waals surface area contributed by atoms with Crippen LogP contribution in [0.1, 0.15) is 11.1 Å². The van der Waals surface area contributed by atoms with Crippen LogP contribution in [-0.4, -0.2) is 0 Å². The summed E-state index contributed by atoms with van der Waals surface area (Å²) in [6.07, 6.45) is 0. The van der Waals surface area contributed by atoms with Crippen molar-refractivity contribution in [2.45, 2.75) is 13.8 Å². The van der Waals surface area contributed by atoms with Crippen LogP contribution in [-0.2, 0) is 0 Å². The van der Waals surface area contributed by atoms with Gasteiger partial charge in [0.15, 0.2) is 0 Å². The van der Waals surface area contributed by atoms with Crippen molar-refractivity contribution in [1.82, 2.24) is 0 Å². The molecule has 0 aromatic heterocycles. The zero-order valence-electron chi connectivity index (χ0n) is 22.9. The summed E-state index contributed by atoms with van der Waals surface area (Å²) in [6.45, 7) is 4.22. The molecule has 0 fully saturated rings. The van der Waals surface area contributed by atoms with Crippen LogP contribution in [0.3, 0.4) is 0 Å². The predicted molar refractivity (Wildman–Crippen MR) is 172 cm³/mol. The summed E-state index contributed by atoms with van der Waals surface area (Å²) < 4.78 is 0. The van der Waals surface area contributed by atoms with Gasteiger partial charge < -0.3 is 11.5 Å². The molecule has 0 radical (unpaired) electrons. The number of rotatable bonds is 5. The molecule has 0 aliphatic heterocycles. The molecule has 0 saturated heterocycles. The van der Waals surface area contributed by atoms with Gasteiger partial charge in [-0.25, -0.2) is 0 Å². The Morgan fingerprint density at radius 1 is 0.325 bits per heavy atom. The molecule has 0 spiro atoms. The predicted octanol–water partition coefficient (Wildman–Crippen LogP) is 9.80. The van der Waals surface area contributed by atoms with Crippen LogP contribution in [0.4, 0.5) is 11.4 Å². The topological polar surface area (TPSA) is 52.0 Å². The van der Waals surface area contributed by atoms with Gasteiger partial charge >= 0.3 is 0 Å². The normalized spacial score (nSPS) is 10.9. The van der Waals surface area contributed by atoms with Gasteiger partial charge in [0.1, 0.15) is 0 Å². The second-order valence-corrected chi connectivity index (χ2v) is 10.3. The highest BCUT2D eigenvalue weighted by Gasteiger charge is 2.26. The molecular formula is C38H32N2. The van der Waals surface area contributed by atoms with Crippen molar-refractivity contribution in [2.24, 2.45) is 0 Å². The lowest BCUT2D eigenvalue weighted by atomic mass is 9.79. The first-order chi connectivity index (χ1) is 19.5. The fourth-order valence-electron chi connectivity index (χ4n) is 5.56. The second kappa shape index (κ2) is 10.6. The van der Waals surface area contributed by atoms with Crippen molar-refractivity contribution < 1.29 is 0 Å². The molecular weight excluding hydrogens is 484 g/mol. The highest BCUT2D eigenvalue weighted by molar-refractivity contribution is 6.13. The molecule has 6 aromatic rings. The van der Waals surface area contributed by atoms with E-state index in [-0.39, 0.29) is 0 Å². The number of hydrogen-bond donors (Lipinski definition) is 2. The number of anilines is 2. The van der Waals surface area contributed by atoms with Gasteiger partial charge in [0.05, 0.1) is 11.4 Å². The first kappa shape index (κ1) is 25.2. The van der Waals surface area contributed by atoms with Crippen molar-refractivity contribution in [1.29, 1.82) is 0 Å². The molecule has 0 atom stereocenters. The number of benzene rings is 6. The summed E-state index contributed by atoms with van der Waals surface area (Å²) in [6, 6.07) is 46.7. The van der Waals surface area contributed by atoms with Crippen molar-refractivity contribution in [2.75, 3.05) is 11.5 Å². The van der Waals surface area contributed by atoms with Crippen molar-refractivity contribution in [3.63, 3.8) is 0 Å². The van der Waals surface area contributed by atoms with Gasteiger partial charge in [-0.2, -0.15) is 0 Å². The van der Waals surface area contributed by atoms with Crippen molar-refractivity contribution in [3.05, 3.63) is 145 Å². The molecule has 40 heavy (non-hydrogen) atoms. The van der Waals surface area contributed by atoms with E-state index in [2.05, 4.69) is 123 Å². The van der Waals surface area contributed by atoms with Crippen molar-refractivity contribution >= 4 is 11.4 Å². The smallest absolute Gasteiger partial charge is 0.0640 e. The highest BCUT2D eigenvalue weighted by atomic mass is 14.7. The quantitative estimate of drug-likeness (QED) is 0.224. The molecule has 0 heterocycles. The molecule has 0 aliphatic rings. The molecule has 0 aliphatic carbocycles. The van der Waals surface area contributed by atoms with E-state index in [1.807, 2.05) is 24.3 Å². The minimum Gasteiger partial charge on any atom is -0.397 e. The van der Waals surface area contributed by atoms with Gasteiger partial charge in [0.25, 0.3) is 0 Å². The third-order valence-electron chi connectivity index (χ3n) is 7.60. The number of hydrogen-bond acceptors (Lipinski definition) is 2. The molecule has 0 unspecified atom stereocenters. The Bertz CT molecular complexity index is 1780. The van der Waals surface area contributed by atoms with E-state index in [0.717, 1.165) is 55.6 Å². The standard InChI is InChI=1S/C38H32N2/c1-25-17-21-27(22-18-25)31-15-9-10-16-32(31)36-34(30-23-19-26(2)20-24-30)33(28-11-5-3-6-12-28)35(37(39)38(36)40)29-13-7-4-8-14-29/h3-24H,39-40H2,1-2H3. The van der Waals surface area contributed by atoms with Gasteiger partial charge in [-0.3, -0.25) is 0 Å². The van der Waals surface area contributed by atoms with Crippen molar-refractivity contribution in [3.8, 4) is 55.6 Å². The van der Waals surface area contributed by atoms with Crippen LogP contribution in [0.5, 0.6) is 0 Å². The van der Waals surface area contributed by atoms with Gasteiger partial charge in [0.2, 0.25) is 0 Å². The first-order valence-electron chi connectivity index (χ1n) is 13.6. The second-order valence-electron chi connectivity index (χ2n) is 10.3. The van der Waals surface area contributed by atoms with Crippen LogP contribution < -0.4 is 11.5 Å². The molecule has 4 N–H and O–H groups in total. The lowest BCUT2D eigenvalue weighted by Crippen LogP contribution is -2.06. The maximum absolute atomic E-state index is 7.11. The van der Waals surface area contributed by atoms with Gasteiger partial charge in [-0.1, -0.05) is 145 Å². The molecule has 0 amide bonds. The third-order valence-corrected chi connectivity index (χ3v) is 7.60. The van der Waals surface area contributed by atoms with Gasteiger partial charge in [0, 0.05) is 22.3 Å². The zero-order chi connectivity index (χ0) is 27.6.